The number of anilines is 1. The highest BCUT2D eigenvalue weighted by Crippen LogP contribution is 2.38. The molecule has 0 atom stereocenters. The molecule has 1 amide bonds. The van der Waals surface area contributed by atoms with E-state index in [2.05, 4.69) is 27.1 Å². The molecule has 246 valence electrons. The molecule has 47 heavy (non-hydrogen) atoms. The van der Waals surface area contributed by atoms with E-state index in [0.29, 0.717) is 40.5 Å². The van der Waals surface area contributed by atoms with E-state index in [1.807, 2.05) is 0 Å². The molecule has 4 heterocycles. The topological polar surface area (TPSA) is 116 Å². The lowest BCUT2D eigenvalue weighted by Gasteiger charge is -2.32. The average molecular weight is 645 g/mol. The summed E-state index contributed by atoms with van der Waals surface area (Å²) in [6.45, 7) is 7.40. The van der Waals surface area contributed by atoms with E-state index in [1.54, 1.807) is 50.6 Å². The van der Waals surface area contributed by atoms with Crippen LogP contribution < -0.4 is 25.2 Å². The highest BCUT2D eigenvalue weighted by Gasteiger charge is 2.23. The van der Waals surface area contributed by atoms with Gasteiger partial charge in [0.2, 0.25) is 5.88 Å². The number of carbonyl (C=O) groups excluding carboxylic acids is 1. The lowest BCUT2D eigenvalue weighted by molar-refractivity contribution is 0.101. The van der Waals surface area contributed by atoms with Crippen LogP contribution in [-0.2, 0) is 7.05 Å². The maximum absolute atomic E-state index is 15.3. The summed E-state index contributed by atoms with van der Waals surface area (Å²) in [7, 11) is 5.19. The van der Waals surface area contributed by atoms with Crippen molar-refractivity contribution in [1.82, 2.24) is 23.9 Å². The Hall–Kier alpha value is -5.14. The van der Waals surface area contributed by atoms with E-state index < -0.39 is 17.4 Å². The molecule has 1 N–H and O–H groups in total. The van der Waals surface area contributed by atoms with Gasteiger partial charge in [0.1, 0.15) is 11.4 Å². The number of nitrogens with zero attached hydrogens (tertiary/aromatic N) is 5. The van der Waals surface area contributed by atoms with Crippen LogP contribution in [0.2, 0.25) is 0 Å². The van der Waals surface area contributed by atoms with Gasteiger partial charge in [0.15, 0.2) is 23.1 Å². The highest BCUT2D eigenvalue weighted by molar-refractivity contribution is 6.04. The van der Waals surface area contributed by atoms with Crippen molar-refractivity contribution in [3.8, 4) is 28.9 Å². The first kappa shape index (κ1) is 31.8. The Morgan fingerprint density at radius 3 is 2.55 bits per heavy atom. The molecular formula is C34H37FN6O6. The number of carbonyl (C=O) groups is 1. The number of fused-ring (bicyclic) bond motifs is 1. The molecule has 2 aromatic carbocycles. The van der Waals surface area contributed by atoms with Gasteiger partial charge in [-0.25, -0.2) is 13.8 Å². The molecule has 0 spiro atoms. The van der Waals surface area contributed by atoms with Gasteiger partial charge in [-0.2, -0.15) is 0 Å². The third-order valence-electron chi connectivity index (χ3n) is 8.30. The van der Waals surface area contributed by atoms with E-state index in [0.717, 1.165) is 45.2 Å². The number of aromatic nitrogens is 3. The van der Waals surface area contributed by atoms with Gasteiger partial charge in [0.25, 0.3) is 5.91 Å². The molecular weight excluding hydrogens is 607 g/mol. The molecule has 0 radical (unpaired) electrons. The van der Waals surface area contributed by atoms with Crippen molar-refractivity contribution in [1.29, 1.82) is 0 Å². The smallest absolute Gasteiger partial charge is 0.335 e. The predicted octanol–water partition coefficient (Wildman–Crippen LogP) is 4.83. The first-order valence-electron chi connectivity index (χ1n) is 15.3. The first-order valence-corrected chi connectivity index (χ1v) is 15.3. The van der Waals surface area contributed by atoms with E-state index in [4.69, 9.17) is 18.6 Å². The minimum atomic E-state index is -0.696. The summed E-state index contributed by atoms with van der Waals surface area (Å²) in [5.41, 5.74) is 0.836. The number of ether oxygens (including phenoxy) is 3. The monoisotopic (exact) mass is 644 g/mol. The Bertz CT molecular complexity index is 1950. The molecule has 12 nitrogen and oxygen atoms in total. The van der Waals surface area contributed by atoms with Crippen LogP contribution in [0.1, 0.15) is 22.6 Å². The van der Waals surface area contributed by atoms with Gasteiger partial charge in [0, 0.05) is 75.2 Å². The second-order valence-electron chi connectivity index (χ2n) is 11.4. The first-order chi connectivity index (χ1) is 22.7. The van der Waals surface area contributed by atoms with Gasteiger partial charge < -0.3 is 33.7 Å². The van der Waals surface area contributed by atoms with Crippen LogP contribution in [0.5, 0.6) is 23.0 Å². The second-order valence-corrected chi connectivity index (χ2v) is 11.4. The number of hydrogen-bond donors (Lipinski definition) is 1. The summed E-state index contributed by atoms with van der Waals surface area (Å²) in [5, 5.41) is 3.28. The number of hydrogen-bond acceptors (Lipinski definition) is 9. The number of benzene rings is 2. The highest BCUT2D eigenvalue weighted by atomic mass is 19.1. The van der Waals surface area contributed by atoms with Gasteiger partial charge in [-0.15, -0.1) is 0 Å². The van der Waals surface area contributed by atoms with Crippen molar-refractivity contribution >= 4 is 22.5 Å². The van der Waals surface area contributed by atoms with Gasteiger partial charge in [-0.3, -0.25) is 14.3 Å². The zero-order chi connectivity index (χ0) is 33.1. The fourth-order valence-corrected chi connectivity index (χ4v) is 5.71. The van der Waals surface area contributed by atoms with E-state index >= 15 is 4.39 Å². The van der Waals surface area contributed by atoms with Crippen LogP contribution in [0.4, 0.5) is 10.1 Å². The Labute approximate surface area is 270 Å². The molecule has 5 aromatic rings. The zero-order valence-corrected chi connectivity index (χ0v) is 26.8. The molecule has 13 heteroatoms. The van der Waals surface area contributed by atoms with E-state index in [-0.39, 0.29) is 23.0 Å². The van der Waals surface area contributed by atoms with E-state index in [1.165, 1.54) is 34.6 Å². The molecule has 0 saturated carbocycles. The number of pyridine rings is 1. The van der Waals surface area contributed by atoms with Crippen molar-refractivity contribution < 1.29 is 27.8 Å². The predicted molar refractivity (Wildman–Crippen MR) is 175 cm³/mol. The zero-order valence-electron chi connectivity index (χ0n) is 26.8. The standard InChI is InChI=1S/C34H37FN6O6/c1-22-32(39(3)34(43)41(22)31-7-5-17-46-31)33(42)37-23-8-9-28(25(35)19-23)47-27-10-11-36-26-21-30(29(44-4)20-24(26)27)45-18-6-12-40-15-13-38(2)14-16-40/h5,7-11,17,19-21H,6,12-16,18H2,1-4H3,(H,37,42). The number of nitrogens with one attached hydrogen (secondary N) is 1. The number of likely N-dealkylation sites (N-methyl/N-ethyl adjacent to an activating group) is 1. The Kier molecular flexibility index (Phi) is 9.27. The van der Waals surface area contributed by atoms with Crippen LogP contribution in [0.3, 0.4) is 0 Å². The van der Waals surface area contributed by atoms with Crippen LogP contribution >= 0.6 is 0 Å². The van der Waals surface area contributed by atoms with Crippen molar-refractivity contribution in [3.63, 3.8) is 0 Å². The second kappa shape index (κ2) is 13.7. The fraction of sp³-hybridized carbons (Fsp3) is 0.324. The number of imidazole rings is 1. The third-order valence-corrected chi connectivity index (χ3v) is 8.30. The lowest BCUT2D eigenvalue weighted by Crippen LogP contribution is -2.44. The minimum absolute atomic E-state index is 0.0498. The Morgan fingerprint density at radius 1 is 1.02 bits per heavy atom. The molecule has 1 aliphatic heterocycles. The molecule has 0 unspecified atom stereocenters. The van der Waals surface area contributed by atoms with E-state index in [9.17, 15) is 9.59 Å². The lowest BCUT2D eigenvalue weighted by atomic mass is 10.1. The van der Waals surface area contributed by atoms with Crippen LogP contribution in [0, 0.1) is 12.7 Å². The number of piperazine rings is 1. The number of rotatable bonds is 11. The van der Waals surface area contributed by atoms with Crippen molar-refractivity contribution in [3.05, 3.63) is 88.7 Å². The Morgan fingerprint density at radius 2 is 1.83 bits per heavy atom. The summed E-state index contributed by atoms with van der Waals surface area (Å²) in [6.07, 6.45) is 3.90. The summed E-state index contributed by atoms with van der Waals surface area (Å²) in [4.78, 5) is 35.2. The molecule has 1 aliphatic rings. The molecule has 1 fully saturated rings. The SMILES string of the molecule is COc1cc2c(Oc3ccc(NC(=O)c4c(C)n(-c5ccco5)c(=O)n4C)cc3F)ccnc2cc1OCCCN1CCN(C)CC1. The fourth-order valence-electron chi connectivity index (χ4n) is 5.71. The van der Waals surface area contributed by atoms with Gasteiger partial charge in [-0.05, 0) is 50.7 Å². The quantitative estimate of drug-likeness (QED) is 0.202. The number of halogens is 1. The van der Waals surface area contributed by atoms with Crippen molar-refractivity contribution in [2.24, 2.45) is 7.05 Å². The van der Waals surface area contributed by atoms with Gasteiger partial charge in [-0.1, -0.05) is 0 Å². The Balaban J connectivity index is 1.14. The molecule has 0 aliphatic carbocycles. The number of methoxy groups -OCH3 is 1. The summed E-state index contributed by atoms with van der Waals surface area (Å²) >= 11 is 0. The van der Waals surface area contributed by atoms with Crippen LogP contribution in [0.15, 0.2) is 70.2 Å². The number of furan rings is 1. The molecule has 3 aromatic heterocycles. The van der Waals surface area contributed by atoms with Crippen molar-refractivity contribution in [2.45, 2.75) is 13.3 Å². The molecule has 6 rings (SSSR count). The normalized spacial score (nSPS) is 14.0. The average Bonchev–Trinajstić information content (AvgIpc) is 3.66. The largest absolute Gasteiger partial charge is 0.493 e. The van der Waals surface area contributed by atoms with Crippen molar-refractivity contribution in [2.75, 3.05) is 58.8 Å². The maximum Gasteiger partial charge on any atom is 0.335 e. The van der Waals surface area contributed by atoms with Gasteiger partial charge in [0.05, 0.1) is 31.2 Å². The molecule has 1 saturated heterocycles. The van der Waals surface area contributed by atoms with Gasteiger partial charge >= 0.3 is 5.69 Å². The minimum Gasteiger partial charge on any atom is -0.493 e. The van der Waals surface area contributed by atoms with Crippen LogP contribution in [-0.4, -0.2) is 83.3 Å². The third kappa shape index (κ3) is 6.71. The summed E-state index contributed by atoms with van der Waals surface area (Å²) in [6, 6.07) is 12.6. The summed E-state index contributed by atoms with van der Waals surface area (Å²) < 4.78 is 40.9. The maximum atomic E-state index is 15.3. The number of amides is 1. The van der Waals surface area contributed by atoms with Crippen LogP contribution in [0.25, 0.3) is 16.8 Å². The molecule has 0 bridgehead atoms. The summed E-state index contributed by atoms with van der Waals surface area (Å²) in [5.74, 6) is 0.419.